The predicted molar refractivity (Wildman–Crippen MR) is 50.0 cm³/mol. The summed E-state index contributed by atoms with van der Waals surface area (Å²) in [6, 6.07) is 2.12. The molecule has 2 heteroatoms. The van der Waals surface area contributed by atoms with Crippen molar-refractivity contribution in [2.75, 3.05) is 0 Å². The van der Waals surface area contributed by atoms with Crippen molar-refractivity contribution in [1.82, 2.24) is 4.37 Å². The lowest BCUT2D eigenvalue weighted by Crippen LogP contribution is -2.22. The summed E-state index contributed by atoms with van der Waals surface area (Å²) in [5.41, 5.74) is 0.279. The van der Waals surface area contributed by atoms with Crippen LogP contribution in [0.25, 0.3) is 0 Å². The fourth-order valence-electron chi connectivity index (χ4n) is 0.833. The van der Waals surface area contributed by atoms with Crippen molar-refractivity contribution in [2.24, 2.45) is 5.92 Å². The van der Waals surface area contributed by atoms with Gasteiger partial charge >= 0.3 is 0 Å². The molecular weight excluding hydrogens is 154 g/mol. The van der Waals surface area contributed by atoms with E-state index in [-0.39, 0.29) is 5.41 Å². The standard InChI is InChI=1S/C9H15NS/c1-7(2)9(3,4)8-5-6-10-11-8/h5-7H,1-4H3. The smallest absolute Gasteiger partial charge is 0.0409 e. The van der Waals surface area contributed by atoms with Crippen molar-refractivity contribution in [1.29, 1.82) is 0 Å². The molecule has 0 radical (unpaired) electrons. The van der Waals surface area contributed by atoms with Crippen molar-refractivity contribution >= 4 is 11.5 Å². The van der Waals surface area contributed by atoms with Crippen LogP contribution in [0, 0.1) is 5.92 Å². The highest BCUT2D eigenvalue weighted by Gasteiger charge is 2.25. The van der Waals surface area contributed by atoms with Gasteiger partial charge in [-0.15, -0.1) is 0 Å². The minimum Gasteiger partial charge on any atom is -0.201 e. The second-order valence-electron chi connectivity index (χ2n) is 3.75. The molecule has 0 aliphatic heterocycles. The highest BCUT2D eigenvalue weighted by atomic mass is 32.1. The summed E-state index contributed by atoms with van der Waals surface area (Å²) in [4.78, 5) is 1.38. The highest BCUT2D eigenvalue weighted by molar-refractivity contribution is 7.05. The minimum atomic E-state index is 0.279. The second-order valence-corrected chi connectivity index (χ2v) is 4.59. The maximum absolute atomic E-state index is 4.11. The van der Waals surface area contributed by atoms with Crippen LogP contribution in [-0.4, -0.2) is 4.37 Å². The van der Waals surface area contributed by atoms with E-state index in [1.54, 1.807) is 11.5 Å². The molecule has 0 spiro atoms. The van der Waals surface area contributed by atoms with Gasteiger partial charge in [0.2, 0.25) is 0 Å². The zero-order valence-electron chi connectivity index (χ0n) is 7.59. The van der Waals surface area contributed by atoms with Gasteiger partial charge in [0.05, 0.1) is 0 Å². The minimum absolute atomic E-state index is 0.279. The molecule has 0 saturated heterocycles. The van der Waals surface area contributed by atoms with E-state index < -0.39 is 0 Å². The van der Waals surface area contributed by atoms with Crippen molar-refractivity contribution in [3.8, 4) is 0 Å². The first-order valence-electron chi connectivity index (χ1n) is 3.96. The van der Waals surface area contributed by atoms with Gasteiger partial charge in [0.1, 0.15) is 0 Å². The first kappa shape index (κ1) is 8.72. The fourth-order valence-corrected chi connectivity index (χ4v) is 1.66. The molecule has 1 aromatic heterocycles. The van der Waals surface area contributed by atoms with E-state index in [4.69, 9.17) is 0 Å². The molecule has 1 heterocycles. The second kappa shape index (κ2) is 2.94. The molecule has 0 atom stereocenters. The number of rotatable bonds is 2. The quantitative estimate of drug-likeness (QED) is 0.663. The monoisotopic (exact) mass is 169 g/mol. The Morgan fingerprint density at radius 2 is 2.09 bits per heavy atom. The Hall–Kier alpha value is -0.370. The Labute approximate surface area is 72.6 Å². The van der Waals surface area contributed by atoms with Crippen molar-refractivity contribution in [2.45, 2.75) is 33.1 Å². The molecule has 0 amide bonds. The molecule has 0 aliphatic carbocycles. The topological polar surface area (TPSA) is 12.9 Å². The van der Waals surface area contributed by atoms with Gasteiger partial charge < -0.3 is 0 Å². The van der Waals surface area contributed by atoms with Crippen LogP contribution in [0.5, 0.6) is 0 Å². The van der Waals surface area contributed by atoms with Crippen LogP contribution in [0.2, 0.25) is 0 Å². The van der Waals surface area contributed by atoms with Crippen molar-refractivity contribution in [3.63, 3.8) is 0 Å². The third-order valence-corrected chi connectivity index (χ3v) is 3.60. The van der Waals surface area contributed by atoms with Gasteiger partial charge in [-0.25, -0.2) is 4.37 Å². The molecule has 0 saturated carbocycles. The summed E-state index contributed by atoms with van der Waals surface area (Å²) >= 11 is 1.61. The Bertz CT molecular complexity index is 211. The molecule has 0 unspecified atom stereocenters. The number of hydrogen-bond acceptors (Lipinski definition) is 2. The third kappa shape index (κ3) is 1.62. The number of nitrogens with zero attached hydrogens (tertiary/aromatic N) is 1. The van der Waals surface area contributed by atoms with Crippen LogP contribution in [0.4, 0.5) is 0 Å². The summed E-state index contributed by atoms with van der Waals surface area (Å²) in [5, 5.41) is 0. The molecule has 11 heavy (non-hydrogen) atoms. The van der Waals surface area contributed by atoms with E-state index in [1.165, 1.54) is 4.88 Å². The number of aromatic nitrogens is 1. The molecule has 0 N–H and O–H groups in total. The average Bonchev–Trinajstić information content (AvgIpc) is 2.37. The lowest BCUT2D eigenvalue weighted by molar-refractivity contribution is 0.379. The van der Waals surface area contributed by atoms with Gasteiger partial charge in [-0.2, -0.15) is 0 Å². The van der Waals surface area contributed by atoms with Gasteiger partial charge in [-0.3, -0.25) is 0 Å². The molecule has 0 bridgehead atoms. The van der Waals surface area contributed by atoms with Gasteiger partial charge in [-0.05, 0) is 23.5 Å². The zero-order valence-corrected chi connectivity index (χ0v) is 8.40. The van der Waals surface area contributed by atoms with Crippen LogP contribution >= 0.6 is 11.5 Å². The molecule has 1 nitrogen and oxygen atoms in total. The molecule has 1 aromatic rings. The van der Waals surface area contributed by atoms with E-state index in [0.717, 1.165) is 0 Å². The summed E-state index contributed by atoms with van der Waals surface area (Å²) < 4.78 is 4.11. The normalized spacial score (nSPS) is 12.5. The van der Waals surface area contributed by atoms with Crippen LogP contribution in [0.3, 0.4) is 0 Å². The fraction of sp³-hybridized carbons (Fsp3) is 0.667. The Kier molecular flexibility index (Phi) is 2.33. The van der Waals surface area contributed by atoms with E-state index in [9.17, 15) is 0 Å². The molecule has 1 rings (SSSR count). The molecule has 0 aliphatic rings. The maximum atomic E-state index is 4.11. The van der Waals surface area contributed by atoms with Crippen LogP contribution in [0.15, 0.2) is 12.3 Å². The maximum Gasteiger partial charge on any atom is 0.0409 e. The van der Waals surface area contributed by atoms with Crippen molar-refractivity contribution < 1.29 is 0 Å². The highest BCUT2D eigenvalue weighted by Crippen LogP contribution is 2.32. The lowest BCUT2D eigenvalue weighted by atomic mass is 9.80. The van der Waals surface area contributed by atoms with E-state index in [1.807, 2.05) is 6.20 Å². The summed E-state index contributed by atoms with van der Waals surface area (Å²) in [6.07, 6.45) is 1.88. The molecule has 62 valence electrons. The van der Waals surface area contributed by atoms with E-state index in [2.05, 4.69) is 38.1 Å². The first-order chi connectivity index (χ1) is 5.05. The van der Waals surface area contributed by atoms with Crippen LogP contribution in [0.1, 0.15) is 32.6 Å². The van der Waals surface area contributed by atoms with Gasteiger partial charge in [0, 0.05) is 16.5 Å². The van der Waals surface area contributed by atoms with Crippen molar-refractivity contribution in [3.05, 3.63) is 17.1 Å². The molecule has 0 fully saturated rings. The zero-order chi connectivity index (χ0) is 8.48. The van der Waals surface area contributed by atoms with E-state index >= 15 is 0 Å². The summed E-state index contributed by atoms with van der Waals surface area (Å²) in [7, 11) is 0. The predicted octanol–water partition coefficient (Wildman–Crippen LogP) is 3.08. The van der Waals surface area contributed by atoms with Crippen LogP contribution < -0.4 is 0 Å². The summed E-state index contributed by atoms with van der Waals surface area (Å²) in [5.74, 6) is 0.669. The number of hydrogen-bond donors (Lipinski definition) is 0. The SMILES string of the molecule is CC(C)C(C)(C)c1ccns1. The van der Waals surface area contributed by atoms with Gasteiger partial charge in [0.15, 0.2) is 0 Å². The van der Waals surface area contributed by atoms with Gasteiger partial charge in [-0.1, -0.05) is 27.7 Å². The lowest BCUT2D eigenvalue weighted by Gasteiger charge is -2.27. The first-order valence-corrected chi connectivity index (χ1v) is 4.73. The average molecular weight is 169 g/mol. The molecule has 0 aromatic carbocycles. The summed E-state index contributed by atoms with van der Waals surface area (Å²) in [6.45, 7) is 9.04. The largest absolute Gasteiger partial charge is 0.201 e. The van der Waals surface area contributed by atoms with Crippen LogP contribution in [-0.2, 0) is 5.41 Å². The Morgan fingerprint density at radius 1 is 1.45 bits per heavy atom. The van der Waals surface area contributed by atoms with Gasteiger partial charge in [0.25, 0.3) is 0 Å². The molecular formula is C9H15NS. The Morgan fingerprint density at radius 3 is 2.45 bits per heavy atom. The van der Waals surface area contributed by atoms with E-state index in [0.29, 0.717) is 5.92 Å². The Balaban J connectivity index is 2.90. The third-order valence-electron chi connectivity index (χ3n) is 2.52.